The Balaban J connectivity index is 1.24. The number of hydrogen-bond donors (Lipinski definition) is 1. The summed E-state index contributed by atoms with van der Waals surface area (Å²) in [6.07, 6.45) is 1.80. The van der Waals surface area contributed by atoms with E-state index in [1.54, 1.807) is 6.08 Å². The molecular weight excluding hydrogens is 572 g/mol. The van der Waals surface area contributed by atoms with Crippen molar-refractivity contribution in [2.24, 2.45) is 0 Å². The number of carbonyl (C=O) groups is 1. The Morgan fingerprint density at radius 1 is 0.951 bits per heavy atom. The Bertz CT molecular complexity index is 1850. The molecule has 0 aliphatic rings. The number of aromatic nitrogens is 5. The van der Waals surface area contributed by atoms with Gasteiger partial charge in [0.25, 0.3) is 0 Å². The summed E-state index contributed by atoms with van der Waals surface area (Å²) in [6.45, 7) is 4.42. The number of nitrogens with one attached hydrogen (secondary N) is 1. The van der Waals surface area contributed by atoms with E-state index in [0.29, 0.717) is 27.7 Å². The van der Waals surface area contributed by atoms with Crippen LogP contribution in [0, 0.1) is 0 Å². The molecule has 3 aromatic heterocycles. The van der Waals surface area contributed by atoms with Crippen LogP contribution in [0.2, 0.25) is 5.02 Å². The van der Waals surface area contributed by atoms with Crippen LogP contribution in [0.4, 0.5) is 5.13 Å². The third-order valence-electron chi connectivity index (χ3n) is 6.28. The van der Waals surface area contributed by atoms with Crippen LogP contribution in [0.5, 0.6) is 0 Å². The van der Waals surface area contributed by atoms with Gasteiger partial charge in [0, 0.05) is 39.0 Å². The number of benzene rings is 3. The molecule has 0 saturated carbocycles. The molecular formula is C31H23ClN6OS2. The van der Waals surface area contributed by atoms with Gasteiger partial charge in [-0.1, -0.05) is 90.1 Å². The van der Waals surface area contributed by atoms with E-state index in [1.807, 2.05) is 94.9 Å². The van der Waals surface area contributed by atoms with E-state index in [0.717, 1.165) is 39.0 Å². The number of halogens is 1. The molecule has 1 amide bonds. The first-order valence-electron chi connectivity index (χ1n) is 12.7. The lowest BCUT2D eigenvalue weighted by molar-refractivity contribution is -0.113. The molecule has 7 nitrogen and oxygen atoms in total. The van der Waals surface area contributed by atoms with Gasteiger partial charge in [0.15, 0.2) is 16.1 Å². The van der Waals surface area contributed by atoms with Crippen molar-refractivity contribution in [2.45, 2.75) is 11.7 Å². The molecule has 3 aromatic carbocycles. The maximum Gasteiger partial charge on any atom is 0.236 e. The summed E-state index contributed by atoms with van der Waals surface area (Å²) in [6, 6.07) is 27.5. The van der Waals surface area contributed by atoms with Gasteiger partial charge in [-0.15, -0.1) is 28.1 Å². The Kier molecular flexibility index (Phi) is 7.91. The zero-order valence-electron chi connectivity index (χ0n) is 21.7. The van der Waals surface area contributed by atoms with E-state index in [-0.39, 0.29) is 11.7 Å². The second kappa shape index (κ2) is 12.1. The number of nitrogens with zero attached hydrogens (tertiary/aromatic N) is 5. The van der Waals surface area contributed by atoms with Crippen LogP contribution in [-0.2, 0) is 11.3 Å². The SMILES string of the molecule is C=CCn1c(SCC(=O)Nc2nc(-c3ccc(Cl)cc3)cs2)nnc1-c1cc(-c2ccccc2)nc2ccccc12. The third kappa shape index (κ3) is 5.92. The minimum Gasteiger partial charge on any atom is -0.301 e. The van der Waals surface area contributed by atoms with Crippen molar-refractivity contribution in [3.8, 4) is 33.9 Å². The minimum atomic E-state index is -0.178. The molecule has 6 rings (SSSR count). The van der Waals surface area contributed by atoms with Crippen LogP contribution in [0.1, 0.15) is 0 Å². The maximum atomic E-state index is 12.8. The highest BCUT2D eigenvalue weighted by Gasteiger charge is 2.19. The lowest BCUT2D eigenvalue weighted by Gasteiger charge is -2.12. The van der Waals surface area contributed by atoms with Gasteiger partial charge in [-0.2, -0.15) is 0 Å². The van der Waals surface area contributed by atoms with E-state index in [2.05, 4.69) is 27.1 Å². The number of fused-ring (bicyclic) bond motifs is 1. The summed E-state index contributed by atoms with van der Waals surface area (Å²) < 4.78 is 1.98. The Labute approximate surface area is 250 Å². The molecule has 0 aliphatic carbocycles. The van der Waals surface area contributed by atoms with Crippen LogP contribution >= 0.6 is 34.7 Å². The Morgan fingerprint density at radius 2 is 1.71 bits per heavy atom. The summed E-state index contributed by atoms with van der Waals surface area (Å²) >= 11 is 8.68. The van der Waals surface area contributed by atoms with Gasteiger partial charge in [0.2, 0.25) is 5.91 Å². The summed E-state index contributed by atoms with van der Waals surface area (Å²) in [7, 11) is 0. The van der Waals surface area contributed by atoms with E-state index in [4.69, 9.17) is 16.6 Å². The number of carbonyl (C=O) groups excluding carboxylic acids is 1. The van der Waals surface area contributed by atoms with E-state index in [1.165, 1.54) is 23.1 Å². The highest BCUT2D eigenvalue weighted by atomic mass is 35.5. The molecule has 0 unspecified atom stereocenters. The topological polar surface area (TPSA) is 85.6 Å². The number of allylic oxidation sites excluding steroid dienone is 1. The Hall–Kier alpha value is -4.31. The first-order chi connectivity index (χ1) is 20.1. The fourth-order valence-electron chi connectivity index (χ4n) is 4.38. The fraction of sp³-hybridized carbons (Fsp3) is 0.0645. The molecule has 0 bridgehead atoms. The summed E-state index contributed by atoms with van der Waals surface area (Å²) in [5, 5.41) is 16.6. The molecule has 0 atom stereocenters. The molecule has 0 fully saturated rings. The molecule has 0 radical (unpaired) electrons. The van der Waals surface area contributed by atoms with Crippen LogP contribution in [0.25, 0.3) is 44.8 Å². The largest absolute Gasteiger partial charge is 0.301 e. The number of anilines is 1. The predicted molar refractivity (Wildman–Crippen MR) is 168 cm³/mol. The lowest BCUT2D eigenvalue weighted by atomic mass is 10.0. The molecule has 41 heavy (non-hydrogen) atoms. The number of hydrogen-bond acceptors (Lipinski definition) is 7. The van der Waals surface area contributed by atoms with Crippen molar-refractivity contribution in [2.75, 3.05) is 11.1 Å². The van der Waals surface area contributed by atoms with E-state index < -0.39 is 0 Å². The van der Waals surface area contributed by atoms with Crippen molar-refractivity contribution in [3.63, 3.8) is 0 Å². The summed E-state index contributed by atoms with van der Waals surface area (Å²) in [5.41, 5.74) is 5.36. The average molecular weight is 595 g/mol. The number of para-hydroxylation sites is 1. The van der Waals surface area contributed by atoms with E-state index >= 15 is 0 Å². The first-order valence-corrected chi connectivity index (χ1v) is 15.0. The van der Waals surface area contributed by atoms with Gasteiger partial charge < -0.3 is 5.32 Å². The summed E-state index contributed by atoms with van der Waals surface area (Å²) in [4.78, 5) is 22.3. The van der Waals surface area contributed by atoms with Crippen molar-refractivity contribution >= 4 is 56.6 Å². The number of thiazole rings is 1. The van der Waals surface area contributed by atoms with Gasteiger partial charge in [0.1, 0.15) is 0 Å². The minimum absolute atomic E-state index is 0.150. The second-order valence-corrected chi connectivity index (χ2v) is 11.3. The quantitative estimate of drug-likeness (QED) is 0.135. The molecule has 0 spiro atoms. The molecule has 1 N–H and O–H groups in total. The molecule has 0 aliphatic heterocycles. The smallest absolute Gasteiger partial charge is 0.236 e. The van der Waals surface area contributed by atoms with Crippen LogP contribution in [-0.4, -0.2) is 36.4 Å². The van der Waals surface area contributed by atoms with Crippen molar-refractivity contribution < 1.29 is 4.79 Å². The zero-order chi connectivity index (χ0) is 28.2. The molecule has 202 valence electrons. The van der Waals surface area contributed by atoms with Crippen LogP contribution in [0.3, 0.4) is 0 Å². The monoisotopic (exact) mass is 594 g/mol. The number of rotatable bonds is 9. The molecule has 3 heterocycles. The highest BCUT2D eigenvalue weighted by Crippen LogP contribution is 2.33. The Morgan fingerprint density at radius 3 is 2.51 bits per heavy atom. The molecule has 10 heteroatoms. The van der Waals surface area contributed by atoms with Crippen LogP contribution < -0.4 is 5.32 Å². The van der Waals surface area contributed by atoms with Crippen molar-refractivity contribution in [3.05, 3.63) is 108 Å². The average Bonchev–Trinajstić information content (AvgIpc) is 3.63. The van der Waals surface area contributed by atoms with Gasteiger partial charge >= 0.3 is 0 Å². The van der Waals surface area contributed by atoms with Crippen LogP contribution in [0.15, 0.2) is 108 Å². The zero-order valence-corrected chi connectivity index (χ0v) is 24.1. The fourth-order valence-corrected chi connectivity index (χ4v) is 5.99. The molecule has 0 saturated heterocycles. The standard InChI is InChI=1S/C31H23ClN6OS2/c1-2-16-38-29(24-17-26(20-8-4-3-5-9-20)33-25-11-7-6-10-23(24)25)36-37-31(38)41-19-28(39)35-30-34-27(18-40-30)21-12-14-22(32)15-13-21/h2-15,17-18H,1,16,19H2,(H,34,35,39). The normalized spacial score (nSPS) is 11.0. The highest BCUT2D eigenvalue weighted by molar-refractivity contribution is 7.99. The second-order valence-electron chi connectivity index (χ2n) is 9.03. The van der Waals surface area contributed by atoms with Crippen molar-refractivity contribution in [1.29, 1.82) is 0 Å². The van der Waals surface area contributed by atoms with Crippen molar-refractivity contribution in [1.82, 2.24) is 24.7 Å². The summed E-state index contributed by atoms with van der Waals surface area (Å²) in [5.74, 6) is 0.663. The molecule has 6 aromatic rings. The van der Waals surface area contributed by atoms with E-state index in [9.17, 15) is 4.79 Å². The predicted octanol–water partition coefficient (Wildman–Crippen LogP) is 7.85. The van der Waals surface area contributed by atoms with Gasteiger partial charge in [-0.05, 0) is 24.3 Å². The maximum absolute atomic E-state index is 12.8. The first kappa shape index (κ1) is 26.9. The lowest BCUT2D eigenvalue weighted by Crippen LogP contribution is -2.14. The number of thioether (sulfide) groups is 1. The number of pyridine rings is 1. The third-order valence-corrected chi connectivity index (χ3v) is 8.25. The van der Waals surface area contributed by atoms with Gasteiger partial charge in [-0.25, -0.2) is 9.97 Å². The van der Waals surface area contributed by atoms with Gasteiger partial charge in [0.05, 0.1) is 22.7 Å². The van der Waals surface area contributed by atoms with Gasteiger partial charge in [-0.3, -0.25) is 9.36 Å². The number of amides is 1.